The van der Waals surface area contributed by atoms with Crippen molar-refractivity contribution in [3.63, 3.8) is 0 Å². The van der Waals surface area contributed by atoms with Crippen LogP contribution in [-0.2, 0) is 4.74 Å². The molecule has 1 aliphatic heterocycles. The van der Waals surface area contributed by atoms with Gasteiger partial charge in [-0.2, -0.15) is 0 Å². The van der Waals surface area contributed by atoms with Gasteiger partial charge in [0.25, 0.3) is 0 Å². The molecule has 0 bridgehead atoms. The molecule has 21 heavy (non-hydrogen) atoms. The molecule has 1 N–H and O–H groups in total. The standard InChI is InChI=1S/C17H26N2O2/c1-4-5-11-21-16(20)19-12-15(18-13-17(19,2)3)14-9-7-6-8-10-14/h6-10,15,18H,4-5,11-13H2,1-3H3. The van der Waals surface area contributed by atoms with Crippen LogP contribution in [-0.4, -0.2) is 36.2 Å². The number of amides is 1. The van der Waals surface area contributed by atoms with Crippen LogP contribution >= 0.6 is 0 Å². The van der Waals surface area contributed by atoms with E-state index in [9.17, 15) is 4.79 Å². The van der Waals surface area contributed by atoms with E-state index in [1.54, 1.807) is 0 Å². The highest BCUT2D eigenvalue weighted by Gasteiger charge is 2.38. The molecule has 0 aliphatic carbocycles. The monoisotopic (exact) mass is 290 g/mol. The Morgan fingerprint density at radius 1 is 1.38 bits per heavy atom. The number of hydrogen-bond acceptors (Lipinski definition) is 3. The number of unbranched alkanes of at least 4 members (excludes halogenated alkanes) is 1. The molecule has 2 rings (SSSR count). The first-order valence-electron chi connectivity index (χ1n) is 7.77. The molecule has 1 aromatic rings. The Bertz CT molecular complexity index is 459. The minimum Gasteiger partial charge on any atom is -0.449 e. The van der Waals surface area contributed by atoms with E-state index in [-0.39, 0.29) is 17.7 Å². The predicted molar refractivity (Wildman–Crippen MR) is 84.2 cm³/mol. The Morgan fingerprint density at radius 2 is 2.10 bits per heavy atom. The third-order valence-corrected chi connectivity index (χ3v) is 4.02. The molecule has 0 radical (unpaired) electrons. The second kappa shape index (κ2) is 6.94. The summed E-state index contributed by atoms with van der Waals surface area (Å²) in [5.74, 6) is 0. The van der Waals surface area contributed by atoms with E-state index >= 15 is 0 Å². The molecule has 1 atom stereocenters. The lowest BCUT2D eigenvalue weighted by atomic mass is 9.95. The molecule has 4 heteroatoms. The number of carbonyl (C=O) groups is 1. The number of nitrogens with zero attached hydrogens (tertiary/aromatic N) is 1. The number of nitrogens with one attached hydrogen (secondary N) is 1. The summed E-state index contributed by atoms with van der Waals surface area (Å²) >= 11 is 0. The molecule has 0 aromatic heterocycles. The molecule has 1 saturated heterocycles. The fourth-order valence-electron chi connectivity index (χ4n) is 2.57. The summed E-state index contributed by atoms with van der Waals surface area (Å²) in [6, 6.07) is 10.4. The maximum atomic E-state index is 12.3. The topological polar surface area (TPSA) is 41.6 Å². The zero-order valence-corrected chi connectivity index (χ0v) is 13.3. The fraction of sp³-hybridized carbons (Fsp3) is 0.588. The van der Waals surface area contributed by atoms with Crippen LogP contribution in [0.3, 0.4) is 0 Å². The Kier molecular flexibility index (Phi) is 5.23. The Morgan fingerprint density at radius 3 is 2.76 bits per heavy atom. The summed E-state index contributed by atoms with van der Waals surface area (Å²) in [5.41, 5.74) is 0.980. The second-order valence-electron chi connectivity index (χ2n) is 6.24. The zero-order valence-electron chi connectivity index (χ0n) is 13.3. The average molecular weight is 290 g/mol. The minimum absolute atomic E-state index is 0.165. The number of benzene rings is 1. The van der Waals surface area contributed by atoms with Crippen molar-refractivity contribution in [1.82, 2.24) is 10.2 Å². The summed E-state index contributed by atoms with van der Waals surface area (Å²) < 4.78 is 5.40. The van der Waals surface area contributed by atoms with Crippen molar-refractivity contribution >= 4 is 6.09 Å². The third-order valence-electron chi connectivity index (χ3n) is 4.02. The Labute approximate surface area is 127 Å². The molecular formula is C17H26N2O2. The lowest BCUT2D eigenvalue weighted by Gasteiger charge is -2.45. The van der Waals surface area contributed by atoms with E-state index < -0.39 is 0 Å². The van der Waals surface area contributed by atoms with Crippen LogP contribution in [0.2, 0.25) is 0 Å². The number of piperazine rings is 1. The van der Waals surface area contributed by atoms with Crippen LogP contribution in [0.5, 0.6) is 0 Å². The Hall–Kier alpha value is -1.55. The van der Waals surface area contributed by atoms with Gasteiger partial charge < -0.3 is 10.1 Å². The molecular weight excluding hydrogens is 264 g/mol. The van der Waals surface area contributed by atoms with Gasteiger partial charge in [-0.3, -0.25) is 4.90 Å². The molecule has 1 aromatic carbocycles. The van der Waals surface area contributed by atoms with Gasteiger partial charge in [0.2, 0.25) is 0 Å². The highest BCUT2D eigenvalue weighted by Crippen LogP contribution is 2.26. The van der Waals surface area contributed by atoms with E-state index in [4.69, 9.17) is 4.74 Å². The van der Waals surface area contributed by atoms with Crippen molar-refractivity contribution in [2.75, 3.05) is 19.7 Å². The van der Waals surface area contributed by atoms with Crippen LogP contribution in [0.15, 0.2) is 30.3 Å². The number of hydrogen-bond donors (Lipinski definition) is 1. The number of carbonyl (C=O) groups excluding carboxylic acids is 1. The molecule has 0 saturated carbocycles. The van der Waals surface area contributed by atoms with Gasteiger partial charge in [0.1, 0.15) is 0 Å². The molecule has 1 aliphatic rings. The molecule has 1 unspecified atom stereocenters. The first-order chi connectivity index (χ1) is 10.0. The predicted octanol–water partition coefficient (Wildman–Crippen LogP) is 3.35. The summed E-state index contributed by atoms with van der Waals surface area (Å²) in [7, 11) is 0. The lowest BCUT2D eigenvalue weighted by Crippen LogP contribution is -2.60. The van der Waals surface area contributed by atoms with Gasteiger partial charge in [0.15, 0.2) is 0 Å². The van der Waals surface area contributed by atoms with Crippen molar-refractivity contribution in [3.8, 4) is 0 Å². The molecule has 1 amide bonds. The van der Waals surface area contributed by atoms with Crippen molar-refractivity contribution in [2.24, 2.45) is 0 Å². The number of ether oxygens (including phenoxy) is 1. The molecule has 116 valence electrons. The van der Waals surface area contributed by atoms with Gasteiger partial charge in [-0.15, -0.1) is 0 Å². The van der Waals surface area contributed by atoms with E-state index in [1.165, 1.54) is 5.56 Å². The summed E-state index contributed by atoms with van der Waals surface area (Å²) in [6.07, 6.45) is 1.75. The highest BCUT2D eigenvalue weighted by molar-refractivity contribution is 5.69. The van der Waals surface area contributed by atoms with Crippen molar-refractivity contribution in [3.05, 3.63) is 35.9 Å². The van der Waals surface area contributed by atoms with Gasteiger partial charge in [-0.1, -0.05) is 43.7 Å². The van der Waals surface area contributed by atoms with E-state index in [2.05, 4.69) is 38.2 Å². The second-order valence-corrected chi connectivity index (χ2v) is 6.24. The summed E-state index contributed by atoms with van der Waals surface area (Å²) in [6.45, 7) is 8.14. The smallest absolute Gasteiger partial charge is 0.410 e. The van der Waals surface area contributed by atoms with Gasteiger partial charge in [0, 0.05) is 13.1 Å². The normalized spacial score (nSPS) is 21.1. The third kappa shape index (κ3) is 3.97. The van der Waals surface area contributed by atoms with E-state index in [1.807, 2.05) is 23.1 Å². The van der Waals surface area contributed by atoms with Crippen LogP contribution in [0.1, 0.15) is 45.2 Å². The molecule has 1 fully saturated rings. The highest BCUT2D eigenvalue weighted by atomic mass is 16.6. The lowest BCUT2D eigenvalue weighted by molar-refractivity contribution is 0.0373. The average Bonchev–Trinajstić information content (AvgIpc) is 2.48. The maximum Gasteiger partial charge on any atom is 0.410 e. The van der Waals surface area contributed by atoms with Crippen molar-refractivity contribution in [1.29, 1.82) is 0 Å². The summed E-state index contributed by atoms with van der Waals surface area (Å²) in [4.78, 5) is 14.2. The van der Waals surface area contributed by atoms with Crippen LogP contribution in [0.25, 0.3) is 0 Å². The van der Waals surface area contributed by atoms with E-state index in [0.717, 1.165) is 19.4 Å². The SMILES string of the molecule is CCCCOC(=O)N1CC(c2ccccc2)NCC1(C)C. The first-order valence-corrected chi connectivity index (χ1v) is 7.77. The van der Waals surface area contributed by atoms with Crippen LogP contribution in [0, 0.1) is 0 Å². The quantitative estimate of drug-likeness (QED) is 0.865. The molecule has 0 spiro atoms. The van der Waals surface area contributed by atoms with Gasteiger partial charge in [0.05, 0.1) is 18.2 Å². The maximum absolute atomic E-state index is 12.3. The van der Waals surface area contributed by atoms with Crippen molar-refractivity contribution < 1.29 is 9.53 Å². The minimum atomic E-state index is -0.228. The first kappa shape index (κ1) is 15.8. The van der Waals surface area contributed by atoms with Crippen LogP contribution in [0.4, 0.5) is 4.79 Å². The zero-order chi connectivity index (χ0) is 15.3. The fourth-order valence-corrected chi connectivity index (χ4v) is 2.57. The van der Waals surface area contributed by atoms with E-state index in [0.29, 0.717) is 13.2 Å². The van der Waals surface area contributed by atoms with Gasteiger partial charge >= 0.3 is 6.09 Å². The molecule has 4 nitrogen and oxygen atoms in total. The van der Waals surface area contributed by atoms with Gasteiger partial charge in [-0.05, 0) is 25.8 Å². The van der Waals surface area contributed by atoms with Crippen molar-refractivity contribution in [2.45, 2.75) is 45.2 Å². The largest absolute Gasteiger partial charge is 0.449 e. The van der Waals surface area contributed by atoms with Gasteiger partial charge in [-0.25, -0.2) is 4.79 Å². The Balaban J connectivity index is 2.04. The van der Waals surface area contributed by atoms with Crippen LogP contribution < -0.4 is 5.32 Å². The summed E-state index contributed by atoms with van der Waals surface area (Å²) in [5, 5.41) is 3.53. The molecule has 1 heterocycles. The number of rotatable bonds is 4.